The highest BCUT2D eigenvalue weighted by atomic mass is 35.5. The van der Waals surface area contributed by atoms with Gasteiger partial charge in [-0.15, -0.1) is 0 Å². The molecule has 0 atom stereocenters. The van der Waals surface area contributed by atoms with Gasteiger partial charge in [0.15, 0.2) is 6.29 Å². The van der Waals surface area contributed by atoms with Gasteiger partial charge in [0, 0.05) is 11.6 Å². The number of aromatic nitrogens is 2. The van der Waals surface area contributed by atoms with Crippen molar-refractivity contribution < 1.29 is 4.79 Å². The van der Waals surface area contributed by atoms with Crippen molar-refractivity contribution in [3.05, 3.63) is 51.4 Å². The molecule has 4 nitrogen and oxygen atoms in total. The van der Waals surface area contributed by atoms with Gasteiger partial charge in [0.25, 0.3) is 0 Å². The van der Waals surface area contributed by atoms with E-state index in [-0.39, 0.29) is 10.7 Å². The standard InChI is InChI=1S/C13H11Cl2N3O/c1-8-17-12(15)11(7-19)13(18-8)16-6-9-3-2-4-10(14)5-9/h2-5,7H,6H2,1H3,(H,16,17,18). The number of carbonyl (C=O) groups is 1. The summed E-state index contributed by atoms with van der Waals surface area (Å²) < 4.78 is 0. The van der Waals surface area contributed by atoms with Gasteiger partial charge < -0.3 is 5.32 Å². The lowest BCUT2D eigenvalue weighted by Gasteiger charge is -2.09. The highest BCUT2D eigenvalue weighted by Gasteiger charge is 2.10. The van der Waals surface area contributed by atoms with Crippen LogP contribution in [0.5, 0.6) is 0 Å². The van der Waals surface area contributed by atoms with Crippen molar-refractivity contribution in [1.82, 2.24) is 9.97 Å². The van der Waals surface area contributed by atoms with Crippen molar-refractivity contribution >= 4 is 35.3 Å². The first-order chi connectivity index (χ1) is 9.10. The predicted octanol–water partition coefficient (Wildman–Crippen LogP) is 3.52. The Hall–Kier alpha value is -1.65. The summed E-state index contributed by atoms with van der Waals surface area (Å²) in [6, 6.07) is 7.42. The quantitative estimate of drug-likeness (QED) is 0.693. The molecule has 6 heteroatoms. The van der Waals surface area contributed by atoms with Crippen molar-refractivity contribution in [1.29, 1.82) is 0 Å². The smallest absolute Gasteiger partial charge is 0.156 e. The Morgan fingerprint density at radius 3 is 2.79 bits per heavy atom. The van der Waals surface area contributed by atoms with E-state index in [9.17, 15) is 4.79 Å². The first-order valence-electron chi connectivity index (χ1n) is 5.58. The molecule has 19 heavy (non-hydrogen) atoms. The van der Waals surface area contributed by atoms with Crippen LogP contribution in [-0.4, -0.2) is 16.3 Å². The molecular weight excluding hydrogens is 285 g/mol. The maximum absolute atomic E-state index is 11.0. The fourth-order valence-electron chi connectivity index (χ4n) is 1.62. The minimum Gasteiger partial charge on any atom is -0.365 e. The molecule has 0 unspecified atom stereocenters. The lowest BCUT2D eigenvalue weighted by molar-refractivity contribution is 0.112. The van der Waals surface area contributed by atoms with Crippen molar-refractivity contribution in [2.24, 2.45) is 0 Å². The minimum atomic E-state index is 0.149. The zero-order valence-corrected chi connectivity index (χ0v) is 11.7. The summed E-state index contributed by atoms with van der Waals surface area (Å²) in [6.07, 6.45) is 0.641. The third kappa shape index (κ3) is 3.43. The van der Waals surface area contributed by atoms with E-state index in [1.54, 1.807) is 13.0 Å². The van der Waals surface area contributed by atoms with E-state index in [0.29, 0.717) is 29.5 Å². The maximum atomic E-state index is 11.0. The van der Waals surface area contributed by atoms with Crippen molar-refractivity contribution in [3.8, 4) is 0 Å². The molecule has 0 saturated carbocycles. The molecule has 0 aliphatic heterocycles. The van der Waals surface area contributed by atoms with E-state index in [1.165, 1.54) is 0 Å². The van der Waals surface area contributed by atoms with Gasteiger partial charge in [0.05, 0.1) is 5.56 Å². The number of rotatable bonds is 4. The third-order valence-electron chi connectivity index (χ3n) is 2.48. The van der Waals surface area contributed by atoms with E-state index in [2.05, 4.69) is 15.3 Å². The lowest BCUT2D eigenvalue weighted by atomic mass is 10.2. The van der Waals surface area contributed by atoms with Crippen LogP contribution in [-0.2, 0) is 6.54 Å². The first kappa shape index (κ1) is 13.8. The van der Waals surface area contributed by atoms with Crippen molar-refractivity contribution in [2.45, 2.75) is 13.5 Å². The molecule has 0 aliphatic carbocycles. The summed E-state index contributed by atoms with van der Waals surface area (Å²) in [4.78, 5) is 19.1. The van der Waals surface area contributed by atoms with Crippen molar-refractivity contribution in [3.63, 3.8) is 0 Å². The van der Waals surface area contributed by atoms with Crippen LogP contribution in [0.15, 0.2) is 24.3 Å². The molecule has 0 fully saturated rings. The first-order valence-corrected chi connectivity index (χ1v) is 6.33. The van der Waals surface area contributed by atoms with Gasteiger partial charge in [0.2, 0.25) is 0 Å². The second-order valence-corrected chi connectivity index (χ2v) is 4.72. The Kier molecular flexibility index (Phi) is 4.35. The fourth-order valence-corrected chi connectivity index (χ4v) is 2.09. The number of benzene rings is 1. The Bertz CT molecular complexity index is 617. The van der Waals surface area contributed by atoms with Crippen LogP contribution in [0.1, 0.15) is 21.7 Å². The molecule has 1 aromatic carbocycles. The molecule has 2 aromatic rings. The number of nitrogens with zero attached hydrogens (tertiary/aromatic N) is 2. The SMILES string of the molecule is Cc1nc(Cl)c(C=O)c(NCc2cccc(Cl)c2)n1. The van der Waals surface area contributed by atoms with Gasteiger partial charge >= 0.3 is 0 Å². The van der Waals surface area contributed by atoms with Crippen LogP contribution in [0.2, 0.25) is 10.2 Å². The topological polar surface area (TPSA) is 54.9 Å². The molecule has 1 aromatic heterocycles. The molecule has 0 spiro atoms. The normalized spacial score (nSPS) is 10.3. The summed E-state index contributed by atoms with van der Waals surface area (Å²) in [5, 5.41) is 3.87. The van der Waals surface area contributed by atoms with Crippen LogP contribution in [0.4, 0.5) is 5.82 Å². The third-order valence-corrected chi connectivity index (χ3v) is 3.00. The number of halogens is 2. The van der Waals surface area contributed by atoms with E-state index < -0.39 is 0 Å². The van der Waals surface area contributed by atoms with Crippen molar-refractivity contribution in [2.75, 3.05) is 5.32 Å². The van der Waals surface area contributed by atoms with Gasteiger partial charge in [-0.2, -0.15) is 0 Å². The zero-order chi connectivity index (χ0) is 13.8. The minimum absolute atomic E-state index is 0.149. The molecule has 98 valence electrons. The average molecular weight is 296 g/mol. The highest BCUT2D eigenvalue weighted by molar-refractivity contribution is 6.32. The Labute approximate surface area is 120 Å². The number of hydrogen-bond donors (Lipinski definition) is 1. The second kappa shape index (κ2) is 5.99. The molecule has 0 radical (unpaired) electrons. The monoisotopic (exact) mass is 295 g/mol. The highest BCUT2D eigenvalue weighted by Crippen LogP contribution is 2.20. The van der Waals surface area contributed by atoms with Crippen LogP contribution >= 0.6 is 23.2 Å². The number of carbonyl (C=O) groups excluding carboxylic acids is 1. The summed E-state index contributed by atoms with van der Waals surface area (Å²) in [5.41, 5.74) is 1.24. The largest absolute Gasteiger partial charge is 0.365 e. The van der Waals surface area contributed by atoms with Gasteiger partial charge in [0.1, 0.15) is 16.8 Å². The molecule has 0 amide bonds. The molecule has 0 saturated heterocycles. The summed E-state index contributed by atoms with van der Waals surface area (Å²) >= 11 is 11.8. The molecule has 0 aliphatic rings. The van der Waals surface area contributed by atoms with E-state index >= 15 is 0 Å². The Morgan fingerprint density at radius 2 is 2.11 bits per heavy atom. The number of nitrogens with one attached hydrogen (secondary N) is 1. The number of anilines is 1. The van der Waals surface area contributed by atoms with Gasteiger partial charge in [-0.25, -0.2) is 9.97 Å². The molecule has 1 N–H and O–H groups in total. The molecule has 0 bridgehead atoms. The number of hydrogen-bond acceptors (Lipinski definition) is 4. The zero-order valence-electron chi connectivity index (χ0n) is 10.2. The lowest BCUT2D eigenvalue weighted by Crippen LogP contribution is -2.07. The van der Waals surface area contributed by atoms with Gasteiger partial charge in [-0.1, -0.05) is 35.3 Å². The van der Waals surface area contributed by atoms with Gasteiger partial charge in [-0.05, 0) is 24.6 Å². The summed E-state index contributed by atoms with van der Waals surface area (Å²) in [7, 11) is 0. The predicted molar refractivity (Wildman–Crippen MR) is 75.9 cm³/mol. The number of aryl methyl sites for hydroxylation is 1. The van der Waals surface area contributed by atoms with Gasteiger partial charge in [-0.3, -0.25) is 4.79 Å². The van der Waals surface area contributed by atoms with E-state index in [4.69, 9.17) is 23.2 Å². The Balaban J connectivity index is 2.22. The average Bonchev–Trinajstić information content (AvgIpc) is 2.36. The summed E-state index contributed by atoms with van der Waals surface area (Å²) in [5.74, 6) is 0.927. The van der Waals surface area contributed by atoms with Crippen LogP contribution in [0, 0.1) is 6.92 Å². The fraction of sp³-hybridized carbons (Fsp3) is 0.154. The van der Waals surface area contributed by atoms with E-state index in [1.807, 2.05) is 18.2 Å². The molecule has 1 heterocycles. The molecule has 2 rings (SSSR count). The summed E-state index contributed by atoms with van der Waals surface area (Å²) in [6.45, 7) is 2.21. The van der Waals surface area contributed by atoms with Crippen LogP contribution < -0.4 is 5.32 Å². The maximum Gasteiger partial charge on any atom is 0.156 e. The number of aldehydes is 1. The molecular formula is C13H11Cl2N3O. The Morgan fingerprint density at radius 1 is 1.32 bits per heavy atom. The second-order valence-electron chi connectivity index (χ2n) is 3.93. The van der Waals surface area contributed by atoms with Crippen LogP contribution in [0.3, 0.4) is 0 Å². The van der Waals surface area contributed by atoms with Crippen LogP contribution in [0.25, 0.3) is 0 Å². The van der Waals surface area contributed by atoms with E-state index in [0.717, 1.165) is 5.56 Å².